The third kappa shape index (κ3) is 1.24. The molecule has 3 nitrogen and oxygen atoms in total. The summed E-state index contributed by atoms with van der Waals surface area (Å²) < 4.78 is 1.68. The summed E-state index contributed by atoms with van der Waals surface area (Å²) in [6.45, 7) is 2.64. The topological polar surface area (TPSA) is 41.6 Å². The van der Waals surface area contributed by atoms with Crippen LogP contribution in [0.1, 0.15) is 12.6 Å². The van der Waals surface area contributed by atoms with Crippen LogP contribution in [-0.4, -0.2) is 9.78 Å². The van der Waals surface area contributed by atoms with E-state index in [0.29, 0.717) is 17.3 Å². The molecule has 0 bridgehead atoms. The molecule has 0 saturated heterocycles. The number of aryl methyl sites for hydroxylation is 1. The quantitative estimate of drug-likeness (QED) is 0.718. The lowest BCUT2D eigenvalue weighted by Gasteiger charge is -1.93. The Hall–Kier alpha value is -1.53. The first-order valence-electron chi connectivity index (χ1n) is 4.32. The minimum Gasteiger partial charge on any atom is -0.254 e. The van der Waals surface area contributed by atoms with Crippen LogP contribution in [0.5, 0.6) is 0 Å². The summed E-state index contributed by atoms with van der Waals surface area (Å²) in [4.78, 5) is 0. The average Bonchev–Trinajstić information content (AvgIpc) is 2.54. The molecular weight excluding hydrogens is 198 g/mol. The molecule has 70 valence electrons. The van der Waals surface area contributed by atoms with E-state index in [2.05, 4.69) is 11.2 Å². The van der Waals surface area contributed by atoms with E-state index in [4.69, 9.17) is 16.9 Å². The minimum absolute atomic E-state index is 0.596. The molecule has 0 aliphatic carbocycles. The molecule has 0 saturated carbocycles. The fraction of sp³-hybridized carbons (Fsp3) is 0.200. The molecule has 2 rings (SSSR count). The molecule has 1 aromatic heterocycles. The van der Waals surface area contributed by atoms with Gasteiger partial charge in [-0.3, -0.25) is 4.68 Å². The van der Waals surface area contributed by atoms with Crippen molar-refractivity contribution in [3.05, 3.63) is 28.9 Å². The van der Waals surface area contributed by atoms with Gasteiger partial charge in [0.25, 0.3) is 0 Å². The van der Waals surface area contributed by atoms with E-state index >= 15 is 0 Å². The first-order valence-corrected chi connectivity index (χ1v) is 4.70. The molecule has 0 aliphatic rings. The number of hydrogen-bond acceptors (Lipinski definition) is 2. The van der Waals surface area contributed by atoms with Gasteiger partial charge in [0.15, 0.2) is 0 Å². The van der Waals surface area contributed by atoms with Crippen LogP contribution >= 0.6 is 11.6 Å². The van der Waals surface area contributed by atoms with Gasteiger partial charge >= 0.3 is 0 Å². The summed E-state index contributed by atoms with van der Waals surface area (Å²) in [5, 5.41) is 14.7. The zero-order valence-electron chi connectivity index (χ0n) is 7.66. The smallest absolute Gasteiger partial charge is 0.146 e. The molecule has 0 spiro atoms. The first-order chi connectivity index (χ1) is 6.76. The van der Waals surface area contributed by atoms with E-state index in [1.807, 2.05) is 13.0 Å². The summed E-state index contributed by atoms with van der Waals surface area (Å²) in [6.07, 6.45) is 0. The SMILES string of the molecule is CCn1nc2cc(Cl)ccc2c1C#N. The zero-order chi connectivity index (χ0) is 10.1. The number of benzene rings is 1. The molecule has 1 heterocycles. The highest BCUT2D eigenvalue weighted by Crippen LogP contribution is 2.21. The van der Waals surface area contributed by atoms with Crippen molar-refractivity contribution in [2.45, 2.75) is 13.5 Å². The van der Waals surface area contributed by atoms with Gasteiger partial charge in [-0.05, 0) is 25.1 Å². The van der Waals surface area contributed by atoms with E-state index in [1.54, 1.807) is 16.8 Å². The van der Waals surface area contributed by atoms with Crippen molar-refractivity contribution < 1.29 is 0 Å². The van der Waals surface area contributed by atoms with Gasteiger partial charge in [0, 0.05) is 17.0 Å². The third-order valence-corrected chi connectivity index (χ3v) is 2.34. The first kappa shape index (κ1) is 9.04. The van der Waals surface area contributed by atoms with E-state index in [0.717, 1.165) is 10.9 Å². The van der Waals surface area contributed by atoms with Gasteiger partial charge in [0.2, 0.25) is 0 Å². The van der Waals surface area contributed by atoms with Crippen molar-refractivity contribution in [3.8, 4) is 6.07 Å². The monoisotopic (exact) mass is 205 g/mol. The number of nitrogens with zero attached hydrogens (tertiary/aromatic N) is 3. The maximum absolute atomic E-state index is 8.96. The Labute approximate surface area is 86.5 Å². The predicted octanol–water partition coefficient (Wildman–Crippen LogP) is 2.58. The lowest BCUT2D eigenvalue weighted by molar-refractivity contribution is 0.659. The Morgan fingerprint density at radius 2 is 2.36 bits per heavy atom. The van der Waals surface area contributed by atoms with Crippen molar-refractivity contribution in [1.29, 1.82) is 5.26 Å². The molecule has 4 heteroatoms. The van der Waals surface area contributed by atoms with Crippen LogP contribution in [0.3, 0.4) is 0 Å². The standard InChI is InChI=1S/C10H8ClN3/c1-2-14-10(6-12)8-4-3-7(11)5-9(8)13-14/h3-5H,2H2,1H3. The highest BCUT2D eigenvalue weighted by atomic mass is 35.5. The molecule has 0 unspecified atom stereocenters. The Morgan fingerprint density at radius 3 is 3.00 bits per heavy atom. The van der Waals surface area contributed by atoms with Crippen molar-refractivity contribution in [2.24, 2.45) is 0 Å². The van der Waals surface area contributed by atoms with Gasteiger partial charge in [0.1, 0.15) is 11.8 Å². The van der Waals surface area contributed by atoms with Crippen LogP contribution < -0.4 is 0 Å². The molecule has 1 aromatic carbocycles. The van der Waals surface area contributed by atoms with Crippen molar-refractivity contribution >= 4 is 22.5 Å². The molecule has 0 radical (unpaired) electrons. The second-order valence-corrected chi connectivity index (χ2v) is 3.37. The van der Waals surface area contributed by atoms with E-state index in [1.165, 1.54) is 0 Å². The Balaban J connectivity index is 2.81. The molecule has 14 heavy (non-hydrogen) atoms. The molecular formula is C10H8ClN3. The third-order valence-electron chi connectivity index (χ3n) is 2.11. The van der Waals surface area contributed by atoms with Gasteiger partial charge in [-0.15, -0.1) is 0 Å². The fourth-order valence-electron chi connectivity index (χ4n) is 1.45. The minimum atomic E-state index is 0.596. The Morgan fingerprint density at radius 1 is 1.57 bits per heavy atom. The van der Waals surface area contributed by atoms with E-state index in [9.17, 15) is 0 Å². The van der Waals surface area contributed by atoms with Gasteiger partial charge in [-0.25, -0.2) is 0 Å². The predicted molar refractivity (Wildman–Crippen MR) is 55.1 cm³/mol. The van der Waals surface area contributed by atoms with Crippen LogP contribution in [0.15, 0.2) is 18.2 Å². The molecule has 0 N–H and O–H groups in total. The molecule has 0 amide bonds. The van der Waals surface area contributed by atoms with Crippen molar-refractivity contribution in [1.82, 2.24) is 9.78 Å². The number of halogens is 1. The van der Waals surface area contributed by atoms with Gasteiger partial charge < -0.3 is 0 Å². The van der Waals surface area contributed by atoms with Crippen LogP contribution in [-0.2, 0) is 6.54 Å². The Bertz CT molecular complexity index is 522. The summed E-state index contributed by atoms with van der Waals surface area (Å²) in [7, 11) is 0. The lowest BCUT2D eigenvalue weighted by atomic mass is 10.2. The lowest BCUT2D eigenvalue weighted by Crippen LogP contribution is -1.98. The second kappa shape index (κ2) is 3.32. The summed E-state index contributed by atoms with van der Waals surface area (Å²) >= 11 is 5.83. The Kier molecular flexibility index (Phi) is 2.14. The number of rotatable bonds is 1. The molecule has 2 aromatic rings. The summed E-state index contributed by atoms with van der Waals surface area (Å²) in [6, 6.07) is 7.51. The zero-order valence-corrected chi connectivity index (χ0v) is 8.41. The van der Waals surface area contributed by atoms with Crippen LogP contribution in [0.25, 0.3) is 10.9 Å². The fourth-order valence-corrected chi connectivity index (χ4v) is 1.62. The molecule has 0 atom stereocenters. The summed E-state index contributed by atoms with van der Waals surface area (Å²) in [5.74, 6) is 0. The second-order valence-electron chi connectivity index (χ2n) is 2.94. The highest BCUT2D eigenvalue weighted by molar-refractivity contribution is 6.31. The van der Waals surface area contributed by atoms with Crippen LogP contribution in [0.4, 0.5) is 0 Å². The number of fused-ring (bicyclic) bond motifs is 1. The van der Waals surface area contributed by atoms with Gasteiger partial charge in [-0.1, -0.05) is 11.6 Å². The van der Waals surface area contributed by atoms with E-state index in [-0.39, 0.29) is 0 Å². The highest BCUT2D eigenvalue weighted by Gasteiger charge is 2.09. The summed E-state index contributed by atoms with van der Waals surface area (Å²) in [5.41, 5.74) is 1.37. The van der Waals surface area contributed by atoms with Crippen molar-refractivity contribution in [2.75, 3.05) is 0 Å². The number of aromatic nitrogens is 2. The van der Waals surface area contributed by atoms with Gasteiger partial charge in [0.05, 0.1) is 5.52 Å². The van der Waals surface area contributed by atoms with Crippen LogP contribution in [0.2, 0.25) is 5.02 Å². The maximum atomic E-state index is 8.96. The average molecular weight is 206 g/mol. The molecule has 0 fully saturated rings. The van der Waals surface area contributed by atoms with Crippen molar-refractivity contribution in [3.63, 3.8) is 0 Å². The normalized spacial score (nSPS) is 10.4. The number of nitriles is 1. The maximum Gasteiger partial charge on any atom is 0.146 e. The molecule has 0 aliphatic heterocycles. The van der Waals surface area contributed by atoms with Crippen LogP contribution in [0, 0.1) is 11.3 Å². The number of hydrogen-bond donors (Lipinski definition) is 0. The van der Waals surface area contributed by atoms with E-state index < -0.39 is 0 Å². The van der Waals surface area contributed by atoms with Gasteiger partial charge in [-0.2, -0.15) is 10.4 Å². The largest absolute Gasteiger partial charge is 0.254 e.